The Hall–Kier alpha value is -3.27. The Morgan fingerprint density at radius 3 is 2.26 bits per heavy atom. The van der Waals surface area contributed by atoms with Crippen LogP contribution in [0.4, 0.5) is 5.69 Å². The fourth-order valence-electron chi connectivity index (χ4n) is 3.97. The zero-order valence-corrected chi connectivity index (χ0v) is 20.1. The highest BCUT2D eigenvalue weighted by Crippen LogP contribution is 2.23. The van der Waals surface area contributed by atoms with Gasteiger partial charge in [0.25, 0.3) is 15.9 Å². The molecule has 1 N–H and O–H groups in total. The second-order valence-corrected chi connectivity index (χ2v) is 10.9. The van der Waals surface area contributed by atoms with E-state index in [1.54, 1.807) is 53.8 Å². The van der Waals surface area contributed by atoms with E-state index in [9.17, 15) is 13.2 Å². The normalized spacial score (nSPS) is 14.9. The molecule has 1 amide bonds. The van der Waals surface area contributed by atoms with Crippen molar-refractivity contribution < 1.29 is 13.2 Å². The molecular formula is C25H24N4O3S2. The van der Waals surface area contributed by atoms with Gasteiger partial charge in [-0.15, -0.1) is 11.3 Å². The largest absolute Gasteiger partial charge is 0.336 e. The molecule has 34 heavy (non-hydrogen) atoms. The van der Waals surface area contributed by atoms with Gasteiger partial charge in [-0.25, -0.2) is 13.4 Å². The number of fused-ring (bicyclic) bond motifs is 1. The first kappa shape index (κ1) is 22.5. The van der Waals surface area contributed by atoms with Crippen LogP contribution in [0.15, 0.2) is 83.8 Å². The Morgan fingerprint density at radius 2 is 1.56 bits per heavy atom. The summed E-state index contributed by atoms with van der Waals surface area (Å²) in [6.45, 7) is 3.66. The smallest absolute Gasteiger partial charge is 0.261 e. The van der Waals surface area contributed by atoms with Crippen molar-refractivity contribution in [2.75, 3.05) is 30.9 Å². The highest BCUT2D eigenvalue weighted by atomic mass is 32.2. The maximum Gasteiger partial charge on any atom is 0.261 e. The number of nitrogens with zero attached hydrogens (tertiary/aromatic N) is 3. The number of carbonyl (C=O) groups excluding carboxylic acids is 1. The SMILES string of the molecule is O=C(c1ccc(NS(=O)(=O)c2ccccc2)cc1)N1CCN(Cc2nc3ccccc3s2)CC1. The number of sulfonamides is 1. The average molecular weight is 493 g/mol. The summed E-state index contributed by atoms with van der Waals surface area (Å²) in [4.78, 5) is 22.0. The number of benzene rings is 3. The van der Waals surface area contributed by atoms with Crippen molar-refractivity contribution >= 4 is 43.2 Å². The lowest BCUT2D eigenvalue weighted by molar-refractivity contribution is 0.0628. The molecule has 4 aromatic rings. The predicted molar refractivity (Wildman–Crippen MR) is 134 cm³/mol. The summed E-state index contributed by atoms with van der Waals surface area (Å²) < 4.78 is 28.7. The van der Waals surface area contributed by atoms with E-state index in [2.05, 4.69) is 15.7 Å². The van der Waals surface area contributed by atoms with Crippen LogP contribution in [0.1, 0.15) is 15.4 Å². The summed E-state index contributed by atoms with van der Waals surface area (Å²) in [5.41, 5.74) is 1.99. The van der Waals surface area contributed by atoms with Crippen LogP contribution in [0.2, 0.25) is 0 Å². The number of carbonyl (C=O) groups is 1. The van der Waals surface area contributed by atoms with Crippen molar-refractivity contribution in [2.45, 2.75) is 11.4 Å². The van der Waals surface area contributed by atoms with Gasteiger partial charge in [0.15, 0.2) is 0 Å². The molecule has 1 aromatic heterocycles. The van der Waals surface area contributed by atoms with Gasteiger partial charge in [-0.2, -0.15) is 0 Å². The molecule has 174 valence electrons. The number of amides is 1. The van der Waals surface area contributed by atoms with E-state index in [0.717, 1.165) is 30.2 Å². The fourth-order valence-corrected chi connectivity index (χ4v) is 6.05. The van der Waals surface area contributed by atoms with Crippen LogP contribution in [0.3, 0.4) is 0 Å². The van der Waals surface area contributed by atoms with Crippen molar-refractivity contribution in [3.63, 3.8) is 0 Å². The molecule has 0 spiro atoms. The van der Waals surface area contributed by atoms with Crippen LogP contribution in [-0.4, -0.2) is 55.3 Å². The van der Waals surface area contributed by atoms with Gasteiger partial charge in [0, 0.05) is 37.4 Å². The Balaban J connectivity index is 1.17. The van der Waals surface area contributed by atoms with Crippen molar-refractivity contribution in [3.8, 4) is 0 Å². The number of piperazine rings is 1. The van der Waals surface area contributed by atoms with Gasteiger partial charge in [-0.1, -0.05) is 30.3 Å². The molecule has 1 aliphatic heterocycles. The quantitative estimate of drug-likeness (QED) is 0.439. The molecule has 1 saturated heterocycles. The maximum atomic E-state index is 13.0. The molecule has 0 unspecified atom stereocenters. The fraction of sp³-hybridized carbons (Fsp3) is 0.200. The van der Waals surface area contributed by atoms with Gasteiger partial charge in [0.1, 0.15) is 5.01 Å². The molecule has 2 heterocycles. The van der Waals surface area contributed by atoms with E-state index < -0.39 is 10.0 Å². The van der Waals surface area contributed by atoms with Crippen LogP contribution in [0.5, 0.6) is 0 Å². The van der Waals surface area contributed by atoms with Crippen LogP contribution in [0, 0.1) is 0 Å². The molecule has 7 nitrogen and oxygen atoms in total. The topological polar surface area (TPSA) is 82.6 Å². The minimum Gasteiger partial charge on any atom is -0.336 e. The average Bonchev–Trinajstić information content (AvgIpc) is 3.27. The molecule has 1 aliphatic rings. The number of hydrogen-bond acceptors (Lipinski definition) is 6. The predicted octanol–water partition coefficient (Wildman–Crippen LogP) is 4.06. The minimum atomic E-state index is -3.66. The van der Waals surface area contributed by atoms with Crippen molar-refractivity contribution in [3.05, 3.63) is 89.4 Å². The van der Waals surface area contributed by atoms with E-state index in [4.69, 9.17) is 4.98 Å². The second kappa shape index (κ2) is 9.54. The first-order chi connectivity index (χ1) is 16.5. The van der Waals surface area contributed by atoms with Gasteiger partial charge >= 0.3 is 0 Å². The number of nitrogens with one attached hydrogen (secondary N) is 1. The Kier molecular flexibility index (Phi) is 6.32. The number of hydrogen-bond donors (Lipinski definition) is 1. The number of aromatic nitrogens is 1. The lowest BCUT2D eigenvalue weighted by Gasteiger charge is -2.34. The van der Waals surface area contributed by atoms with Gasteiger partial charge in [0.2, 0.25) is 0 Å². The van der Waals surface area contributed by atoms with E-state index in [1.165, 1.54) is 16.8 Å². The number of thiazole rings is 1. The van der Waals surface area contributed by atoms with Crippen molar-refractivity contribution in [1.82, 2.24) is 14.8 Å². The summed E-state index contributed by atoms with van der Waals surface area (Å²) in [7, 11) is -3.66. The van der Waals surface area contributed by atoms with Crippen LogP contribution in [-0.2, 0) is 16.6 Å². The van der Waals surface area contributed by atoms with E-state index in [1.807, 2.05) is 23.1 Å². The molecule has 0 atom stereocenters. The zero-order chi connectivity index (χ0) is 23.5. The van der Waals surface area contributed by atoms with Crippen LogP contribution in [0.25, 0.3) is 10.2 Å². The molecule has 0 bridgehead atoms. The molecule has 1 fully saturated rings. The van der Waals surface area contributed by atoms with Gasteiger partial charge in [-0.3, -0.25) is 14.4 Å². The zero-order valence-electron chi connectivity index (χ0n) is 18.4. The van der Waals surface area contributed by atoms with Crippen molar-refractivity contribution in [2.24, 2.45) is 0 Å². The van der Waals surface area contributed by atoms with Gasteiger partial charge < -0.3 is 4.90 Å². The minimum absolute atomic E-state index is 0.0443. The molecule has 0 aliphatic carbocycles. The highest BCUT2D eigenvalue weighted by Gasteiger charge is 2.23. The lowest BCUT2D eigenvalue weighted by atomic mass is 10.1. The second-order valence-electron chi connectivity index (χ2n) is 8.14. The summed E-state index contributed by atoms with van der Waals surface area (Å²) in [6.07, 6.45) is 0. The standard InChI is InChI=1S/C25H24N4O3S2/c30-25(19-10-12-20(13-11-19)27-34(31,32)21-6-2-1-3-7-21)29-16-14-28(15-17-29)18-24-26-22-8-4-5-9-23(22)33-24/h1-13,27H,14-18H2. The molecule has 0 saturated carbocycles. The molecule has 9 heteroatoms. The summed E-state index contributed by atoms with van der Waals surface area (Å²) in [5, 5.41) is 1.09. The van der Waals surface area contributed by atoms with E-state index in [-0.39, 0.29) is 10.8 Å². The Labute approximate surface area is 202 Å². The summed E-state index contributed by atoms with van der Waals surface area (Å²) in [6, 6.07) is 22.9. The van der Waals surface area contributed by atoms with E-state index in [0.29, 0.717) is 24.3 Å². The summed E-state index contributed by atoms with van der Waals surface area (Å²) in [5.74, 6) is -0.0443. The Bertz CT molecular complexity index is 1360. The van der Waals surface area contributed by atoms with Gasteiger partial charge in [0.05, 0.1) is 21.7 Å². The summed E-state index contributed by atoms with van der Waals surface area (Å²) >= 11 is 1.72. The third kappa shape index (κ3) is 4.96. The molecule has 0 radical (unpaired) electrons. The first-order valence-electron chi connectivity index (χ1n) is 11.0. The monoisotopic (exact) mass is 492 g/mol. The Morgan fingerprint density at radius 1 is 0.882 bits per heavy atom. The molecular weight excluding hydrogens is 468 g/mol. The van der Waals surface area contributed by atoms with E-state index >= 15 is 0 Å². The molecule has 5 rings (SSSR count). The third-order valence-electron chi connectivity index (χ3n) is 5.79. The van der Waals surface area contributed by atoms with Gasteiger partial charge in [-0.05, 0) is 48.5 Å². The maximum absolute atomic E-state index is 13.0. The number of para-hydroxylation sites is 1. The lowest BCUT2D eigenvalue weighted by Crippen LogP contribution is -2.48. The molecule has 3 aromatic carbocycles. The third-order valence-corrected chi connectivity index (χ3v) is 8.21. The van der Waals surface area contributed by atoms with Crippen LogP contribution >= 0.6 is 11.3 Å². The first-order valence-corrected chi connectivity index (χ1v) is 13.3. The van der Waals surface area contributed by atoms with Crippen LogP contribution < -0.4 is 4.72 Å². The highest BCUT2D eigenvalue weighted by molar-refractivity contribution is 7.92. The number of rotatable bonds is 6. The van der Waals surface area contributed by atoms with Crippen molar-refractivity contribution in [1.29, 1.82) is 0 Å². The number of anilines is 1.